The van der Waals surface area contributed by atoms with Gasteiger partial charge in [-0.25, -0.2) is 9.78 Å². The van der Waals surface area contributed by atoms with E-state index in [4.69, 9.17) is 0 Å². The van der Waals surface area contributed by atoms with E-state index in [1.165, 1.54) is 0 Å². The highest BCUT2D eigenvalue weighted by Gasteiger charge is 1.68. The zero-order valence-electron chi connectivity index (χ0n) is 3.52. The molecule has 0 aliphatic heterocycles. The largest absolute Gasteiger partial charge is 0.234 e. The molecule has 6 heavy (non-hydrogen) atoms. The van der Waals surface area contributed by atoms with Crippen LogP contribution in [0.1, 0.15) is 0 Å². The van der Waals surface area contributed by atoms with Crippen molar-refractivity contribution in [1.29, 1.82) is 0 Å². The van der Waals surface area contributed by atoms with E-state index in [1.54, 1.807) is 6.08 Å². The second-order valence-corrected chi connectivity index (χ2v) is 0.691. The first-order valence-electron chi connectivity index (χ1n) is 1.56. The lowest BCUT2D eigenvalue weighted by molar-refractivity contribution is -0.243. The summed E-state index contributed by atoms with van der Waals surface area (Å²) < 4.78 is 0. The van der Waals surface area contributed by atoms with E-state index in [-0.39, 0.29) is 0 Å². The lowest BCUT2D eigenvalue weighted by Crippen LogP contribution is -1.83. The third-order valence-corrected chi connectivity index (χ3v) is 0.269. The second kappa shape index (κ2) is 4.66. The molecule has 0 heterocycles. The fraction of sp³-hybridized carbons (Fsp3) is 0.250. The zero-order chi connectivity index (χ0) is 4.83. The molecule has 0 bridgehead atoms. The van der Waals surface area contributed by atoms with Gasteiger partial charge in [0.2, 0.25) is 0 Å². The molecule has 0 atom stereocenters. The van der Waals surface area contributed by atoms with Crippen LogP contribution in [0.4, 0.5) is 0 Å². The van der Waals surface area contributed by atoms with Gasteiger partial charge in [0.1, 0.15) is 13.7 Å². The molecule has 0 spiro atoms. The van der Waals surface area contributed by atoms with Crippen LogP contribution in [0.25, 0.3) is 0 Å². The van der Waals surface area contributed by atoms with Crippen LogP contribution in [0.3, 0.4) is 0 Å². The molecular formula is C4H7O2. The molecule has 1 radical (unpaired) electrons. The molecule has 0 rings (SSSR count). The third-order valence-electron chi connectivity index (χ3n) is 0.269. The molecule has 2 heteroatoms. The van der Waals surface area contributed by atoms with E-state index >= 15 is 0 Å². The van der Waals surface area contributed by atoms with Gasteiger partial charge in [-0.05, 0) is 0 Å². The van der Waals surface area contributed by atoms with Crippen LogP contribution >= 0.6 is 0 Å². The van der Waals surface area contributed by atoms with E-state index in [0.717, 1.165) is 0 Å². The monoisotopic (exact) mass is 87.0 g/mol. The predicted octanol–water partition coefficient (Wildman–Crippen LogP) is 0.912. The van der Waals surface area contributed by atoms with E-state index < -0.39 is 0 Å². The predicted molar refractivity (Wildman–Crippen MR) is 22.6 cm³/mol. The average molecular weight is 87.1 g/mol. The SMILES string of the molecule is [CH2]OOCC=C. The molecule has 0 saturated heterocycles. The van der Waals surface area contributed by atoms with Crippen molar-refractivity contribution in [2.45, 2.75) is 0 Å². The van der Waals surface area contributed by atoms with Gasteiger partial charge in [0.15, 0.2) is 0 Å². The molecule has 0 N–H and O–H groups in total. The van der Waals surface area contributed by atoms with E-state index in [9.17, 15) is 0 Å². The van der Waals surface area contributed by atoms with Crippen molar-refractivity contribution >= 4 is 0 Å². The molecule has 0 fully saturated rings. The zero-order valence-corrected chi connectivity index (χ0v) is 3.52. The molecule has 0 aromatic heterocycles. The molecule has 0 unspecified atom stereocenters. The number of hydrogen-bond donors (Lipinski definition) is 0. The maximum atomic E-state index is 4.25. The van der Waals surface area contributed by atoms with Gasteiger partial charge in [0.05, 0.1) is 0 Å². The first kappa shape index (κ1) is 5.66. The summed E-state index contributed by atoms with van der Waals surface area (Å²) in [5.74, 6) is 0. The highest BCUT2D eigenvalue weighted by Crippen LogP contribution is 1.71. The molecular weight excluding hydrogens is 80.0 g/mol. The van der Waals surface area contributed by atoms with Crippen LogP contribution in [-0.2, 0) is 9.78 Å². The fourth-order valence-electron chi connectivity index (χ4n) is 0.0962. The molecule has 0 amide bonds. The highest BCUT2D eigenvalue weighted by atomic mass is 17.2. The van der Waals surface area contributed by atoms with Crippen molar-refractivity contribution in [1.82, 2.24) is 0 Å². The maximum Gasteiger partial charge on any atom is 0.109 e. The summed E-state index contributed by atoms with van der Waals surface area (Å²) in [6.07, 6.45) is 1.57. The fourth-order valence-corrected chi connectivity index (χ4v) is 0.0962. The molecule has 0 aromatic carbocycles. The Morgan fingerprint density at radius 3 is 2.50 bits per heavy atom. The third kappa shape index (κ3) is 3.66. The van der Waals surface area contributed by atoms with Gasteiger partial charge in [-0.15, -0.1) is 6.58 Å². The van der Waals surface area contributed by atoms with Crippen LogP contribution in [-0.4, -0.2) is 6.61 Å². The van der Waals surface area contributed by atoms with Gasteiger partial charge in [-0.2, -0.15) is 0 Å². The summed E-state index contributed by atoms with van der Waals surface area (Å²) in [5, 5.41) is 0. The summed E-state index contributed by atoms with van der Waals surface area (Å²) in [5.41, 5.74) is 0. The Labute approximate surface area is 37.3 Å². The summed E-state index contributed by atoms with van der Waals surface area (Å²) in [7, 11) is 2.95. The van der Waals surface area contributed by atoms with Gasteiger partial charge in [0.25, 0.3) is 0 Å². The van der Waals surface area contributed by atoms with Crippen molar-refractivity contribution in [3.05, 3.63) is 19.8 Å². The molecule has 2 nitrogen and oxygen atoms in total. The Bertz CT molecular complexity index is 34.5. The molecule has 0 aliphatic carbocycles. The highest BCUT2D eigenvalue weighted by molar-refractivity contribution is 4.62. The van der Waals surface area contributed by atoms with Crippen molar-refractivity contribution < 1.29 is 9.78 Å². The lowest BCUT2D eigenvalue weighted by Gasteiger charge is -1.87. The minimum absolute atomic E-state index is 0.392. The first-order valence-corrected chi connectivity index (χ1v) is 1.56. The Balaban J connectivity index is 2.49. The van der Waals surface area contributed by atoms with Crippen molar-refractivity contribution in [2.75, 3.05) is 6.61 Å². The van der Waals surface area contributed by atoms with Crippen LogP contribution in [0, 0.1) is 7.11 Å². The smallest absolute Gasteiger partial charge is 0.109 e. The van der Waals surface area contributed by atoms with Crippen LogP contribution in [0.15, 0.2) is 12.7 Å². The Morgan fingerprint density at radius 2 is 2.33 bits per heavy atom. The maximum absolute atomic E-state index is 4.25. The Kier molecular flexibility index (Phi) is 4.40. The first-order chi connectivity index (χ1) is 2.91. The molecule has 35 valence electrons. The van der Waals surface area contributed by atoms with Gasteiger partial charge in [0, 0.05) is 0 Å². The van der Waals surface area contributed by atoms with Gasteiger partial charge in [-0.1, -0.05) is 6.08 Å². The molecule has 0 saturated carbocycles. The van der Waals surface area contributed by atoms with Gasteiger partial charge < -0.3 is 0 Å². The van der Waals surface area contributed by atoms with E-state index in [2.05, 4.69) is 23.5 Å². The summed E-state index contributed by atoms with van der Waals surface area (Å²) in [6.45, 7) is 3.76. The van der Waals surface area contributed by atoms with Crippen LogP contribution in [0.5, 0.6) is 0 Å². The summed E-state index contributed by atoms with van der Waals surface area (Å²) in [4.78, 5) is 8.21. The van der Waals surface area contributed by atoms with Gasteiger partial charge >= 0.3 is 0 Å². The topological polar surface area (TPSA) is 18.5 Å². The summed E-state index contributed by atoms with van der Waals surface area (Å²) >= 11 is 0. The average Bonchev–Trinajstić information content (AvgIpc) is 1.61. The molecule has 0 aromatic rings. The Hall–Kier alpha value is -0.340. The van der Waals surface area contributed by atoms with Crippen molar-refractivity contribution in [2.24, 2.45) is 0 Å². The van der Waals surface area contributed by atoms with Crippen molar-refractivity contribution in [3.8, 4) is 0 Å². The van der Waals surface area contributed by atoms with Crippen LogP contribution in [0.2, 0.25) is 0 Å². The molecule has 0 aliphatic rings. The number of hydrogen-bond acceptors (Lipinski definition) is 2. The lowest BCUT2D eigenvalue weighted by atomic mass is 10.7. The van der Waals surface area contributed by atoms with Gasteiger partial charge in [-0.3, -0.25) is 0 Å². The Morgan fingerprint density at radius 1 is 1.67 bits per heavy atom. The second-order valence-electron chi connectivity index (χ2n) is 0.691. The van der Waals surface area contributed by atoms with Crippen LogP contribution < -0.4 is 0 Å². The quantitative estimate of drug-likeness (QED) is 0.220. The van der Waals surface area contributed by atoms with E-state index in [0.29, 0.717) is 6.61 Å². The minimum Gasteiger partial charge on any atom is -0.234 e. The normalized spacial score (nSPS) is 8.17. The van der Waals surface area contributed by atoms with Crippen molar-refractivity contribution in [3.63, 3.8) is 0 Å². The number of rotatable bonds is 3. The summed E-state index contributed by atoms with van der Waals surface area (Å²) in [6, 6.07) is 0. The standard InChI is InChI=1S/C4H7O2/c1-3-4-6-5-2/h3H,1-2,4H2. The van der Waals surface area contributed by atoms with E-state index in [1.807, 2.05) is 0 Å². The minimum atomic E-state index is 0.392.